The number of hydrogen-bond acceptors (Lipinski definition) is 18. The van der Waals surface area contributed by atoms with Crippen LogP contribution in [0, 0.1) is 47.3 Å². The Balaban J connectivity index is 0.000000108. The van der Waals surface area contributed by atoms with Crippen LogP contribution in [0.3, 0.4) is 0 Å². The molecule has 18 nitrogen and oxygen atoms in total. The molecule has 0 aromatic rings. The van der Waals surface area contributed by atoms with Gasteiger partial charge in [0.05, 0.1) is 162 Å². The van der Waals surface area contributed by atoms with E-state index in [4.69, 9.17) is 71.1 Å². The lowest BCUT2D eigenvalue weighted by molar-refractivity contribution is -0.235. The van der Waals surface area contributed by atoms with Gasteiger partial charge in [0.15, 0.2) is 6.29 Å². The molecular weight excluding hydrogens is 1250 g/mol. The smallest absolute Gasteiger partial charge is 0.317 e. The van der Waals surface area contributed by atoms with E-state index < -0.39 is 11.9 Å². The highest BCUT2D eigenvalue weighted by Crippen LogP contribution is 2.47. The fraction of sp³-hybridized carbons (Fsp3) is 0.938. The summed E-state index contributed by atoms with van der Waals surface area (Å²) >= 11 is 0. The van der Waals surface area contributed by atoms with Crippen molar-refractivity contribution in [2.45, 2.75) is 380 Å². The molecule has 25 atom stereocenters. The number of unbranched alkanes of at least 4 members (excludes halogenated alkanes) is 11. The van der Waals surface area contributed by atoms with Gasteiger partial charge in [0, 0.05) is 11.8 Å². The summed E-state index contributed by atoms with van der Waals surface area (Å²) in [6.45, 7) is 13.3. The summed E-state index contributed by atoms with van der Waals surface area (Å²) in [5, 5.41) is 0. The average molecular weight is 1380 g/mol. The Labute approximate surface area is 587 Å². The molecule has 0 radical (unpaired) electrons. The Kier molecular flexibility index (Phi) is 28.0. The summed E-state index contributed by atoms with van der Waals surface area (Å²) in [4.78, 5) is 35.4. The molecule has 11 saturated heterocycles. The van der Waals surface area contributed by atoms with Gasteiger partial charge in [-0.05, 0) is 191 Å². The third-order valence-electron chi connectivity index (χ3n) is 25.1. The number of ether oxygens (including phenoxy) is 15. The van der Waals surface area contributed by atoms with Crippen LogP contribution in [0.15, 0.2) is 12.7 Å². The normalized spacial score (nSPS) is 42.9. The number of epoxide rings is 10. The van der Waals surface area contributed by atoms with E-state index >= 15 is 0 Å². The van der Waals surface area contributed by atoms with Gasteiger partial charge in [0.25, 0.3) is 0 Å². The first kappa shape index (κ1) is 74.0. The van der Waals surface area contributed by atoms with Crippen molar-refractivity contribution in [3.05, 3.63) is 12.7 Å². The van der Waals surface area contributed by atoms with Crippen molar-refractivity contribution in [1.82, 2.24) is 0 Å². The second-order valence-electron chi connectivity index (χ2n) is 33.2. The number of rotatable bonds is 25. The minimum Gasteiger partial charge on any atom is -0.465 e. The Morgan fingerprint density at radius 3 is 1.19 bits per heavy atom. The summed E-state index contributed by atoms with van der Waals surface area (Å²) in [5.41, 5.74) is 0. The highest BCUT2D eigenvalue weighted by molar-refractivity contribution is 5.91. The number of hydrogen-bond donors (Lipinski definition) is 0. The van der Waals surface area contributed by atoms with Gasteiger partial charge < -0.3 is 71.1 Å². The van der Waals surface area contributed by atoms with Crippen LogP contribution in [0.25, 0.3) is 0 Å². The van der Waals surface area contributed by atoms with Crippen LogP contribution in [0.1, 0.15) is 264 Å². The molecule has 0 bridgehead atoms. The molecule has 98 heavy (non-hydrogen) atoms. The van der Waals surface area contributed by atoms with Gasteiger partial charge in [-0.15, -0.1) is 6.58 Å². The maximum Gasteiger partial charge on any atom is 0.317 e. The first-order valence-electron chi connectivity index (χ1n) is 40.8. The van der Waals surface area contributed by atoms with E-state index in [1.807, 2.05) is 0 Å². The van der Waals surface area contributed by atoms with Crippen LogP contribution in [0.2, 0.25) is 0 Å². The molecule has 0 N–H and O–H groups in total. The topological polar surface area (TPSA) is 223 Å². The van der Waals surface area contributed by atoms with Crippen LogP contribution < -0.4 is 0 Å². The predicted octanol–water partition coefficient (Wildman–Crippen LogP) is 14.3. The average Bonchev–Trinajstić information content (AvgIpc) is 1.64. The lowest BCUT2D eigenvalue weighted by Gasteiger charge is -2.38. The Bertz CT molecular complexity index is 2350. The molecule has 0 amide bonds. The Hall–Kier alpha value is -2.33. The quantitative estimate of drug-likeness (QED) is 0.0207. The third kappa shape index (κ3) is 25.2. The number of carbonyl (C=O) groups excluding carboxylic acids is 3. The molecule has 19 aliphatic rings. The van der Waals surface area contributed by atoms with E-state index in [9.17, 15) is 14.4 Å². The first-order valence-corrected chi connectivity index (χ1v) is 40.8. The van der Waals surface area contributed by atoms with Crippen LogP contribution in [0.5, 0.6) is 0 Å². The van der Waals surface area contributed by atoms with Crippen molar-refractivity contribution in [2.75, 3.05) is 46.2 Å². The van der Waals surface area contributed by atoms with Crippen molar-refractivity contribution in [3.63, 3.8) is 0 Å². The minimum atomic E-state index is -0.483. The van der Waals surface area contributed by atoms with Gasteiger partial charge in [0.2, 0.25) is 0 Å². The van der Waals surface area contributed by atoms with E-state index in [1.165, 1.54) is 161 Å². The summed E-state index contributed by atoms with van der Waals surface area (Å²) in [7, 11) is 0. The van der Waals surface area contributed by atoms with E-state index in [0.717, 1.165) is 122 Å². The third-order valence-corrected chi connectivity index (χ3v) is 25.1. The zero-order valence-corrected chi connectivity index (χ0v) is 60.2. The molecule has 556 valence electrons. The molecule has 11 heterocycles. The summed E-state index contributed by atoms with van der Waals surface area (Å²) in [6, 6.07) is 0. The molecule has 8 saturated carbocycles. The number of allylic oxidation sites excluding steroid dienone is 1. The maximum atomic E-state index is 12.0. The molecule has 25 unspecified atom stereocenters. The Morgan fingerprint density at radius 1 is 0.378 bits per heavy atom. The predicted molar refractivity (Wildman–Crippen MR) is 367 cm³/mol. The van der Waals surface area contributed by atoms with Crippen LogP contribution in [-0.2, 0) is 85.4 Å². The van der Waals surface area contributed by atoms with Gasteiger partial charge in [-0.3, -0.25) is 14.4 Å². The molecule has 11 aliphatic heterocycles. The van der Waals surface area contributed by atoms with Gasteiger partial charge in [-0.2, -0.15) is 0 Å². The fourth-order valence-corrected chi connectivity index (χ4v) is 17.7. The molecule has 0 aromatic heterocycles. The fourth-order valence-electron chi connectivity index (χ4n) is 17.7. The number of esters is 3. The molecule has 18 heteroatoms. The van der Waals surface area contributed by atoms with E-state index in [0.29, 0.717) is 159 Å². The van der Waals surface area contributed by atoms with Gasteiger partial charge in [0.1, 0.15) is 6.42 Å². The second-order valence-corrected chi connectivity index (χ2v) is 33.2. The van der Waals surface area contributed by atoms with Crippen LogP contribution in [0.4, 0.5) is 0 Å². The maximum absolute atomic E-state index is 12.0. The van der Waals surface area contributed by atoms with E-state index in [1.54, 1.807) is 0 Å². The molecule has 19 rings (SSSR count). The monoisotopic (exact) mass is 1380 g/mol. The van der Waals surface area contributed by atoms with Crippen LogP contribution >= 0.6 is 0 Å². The number of fused-ring (bicyclic) bond motifs is 8. The highest BCUT2D eigenvalue weighted by Gasteiger charge is 2.52. The Morgan fingerprint density at radius 2 is 0.765 bits per heavy atom. The molecular formula is C80H128O18. The number of carbonyl (C=O) groups is 3. The van der Waals surface area contributed by atoms with Crippen LogP contribution in [-0.4, -0.2) is 180 Å². The summed E-state index contributed by atoms with van der Waals surface area (Å²) < 4.78 is 81.8. The largest absolute Gasteiger partial charge is 0.465 e. The van der Waals surface area contributed by atoms with Gasteiger partial charge in [-0.1, -0.05) is 103 Å². The summed E-state index contributed by atoms with van der Waals surface area (Å²) in [6.07, 6.45) is 59.0. The molecule has 19 fully saturated rings. The summed E-state index contributed by atoms with van der Waals surface area (Å²) in [5.74, 6) is 3.02. The zero-order valence-electron chi connectivity index (χ0n) is 60.2. The first-order chi connectivity index (χ1) is 48.0. The van der Waals surface area contributed by atoms with Gasteiger partial charge in [-0.25, -0.2) is 0 Å². The standard InChI is InChI=1S/C17H24O6.C16H24O4.C16H32O.C14H20O4.C8H12O.C6H10O.C3H6O/c18-16(20-8-10-1-3-12-14(5-10)22-12)7-17(19)21-9-11-2-4-13-15(6-11)23-13;1-3-12-14(19-12)5-9(1)11-7-17-16(18-8-11)10-2-4-13-15(6-10)20-13;1-2-3-4-5-6-7-8-9-10-11-12-13-14-16-15-17-16;15-14(9-2-4-11-13(6-9)18-11)16-7-8-1-3-10-12(5-8)17-10;1-2-6-3-4-7-8(5-6)9-7;1-2-4-6-5(3-1)7-6;1-3-2-4-3/h10-15H,1-9H2;9-16H,1-8H2;16H,2-15H2,1H3;8-13H,1-7H2;2,6-8H,1,3-5H2;5-6H,1-4H2;3H,2H2,1H3. The van der Waals surface area contributed by atoms with Crippen molar-refractivity contribution < 1.29 is 85.4 Å². The molecule has 0 spiro atoms. The molecule has 0 aromatic carbocycles. The molecule has 8 aliphatic carbocycles. The zero-order chi connectivity index (χ0) is 67.2. The highest BCUT2D eigenvalue weighted by atomic mass is 16.7. The van der Waals surface area contributed by atoms with Crippen molar-refractivity contribution in [3.8, 4) is 0 Å². The van der Waals surface area contributed by atoms with E-state index in [2.05, 4.69) is 26.5 Å². The lowest BCUT2D eigenvalue weighted by Crippen LogP contribution is -2.41. The van der Waals surface area contributed by atoms with E-state index in [-0.39, 0.29) is 24.6 Å². The minimum absolute atomic E-state index is 0.00258. The van der Waals surface area contributed by atoms with Crippen molar-refractivity contribution in [2.24, 2.45) is 47.3 Å². The lowest BCUT2D eigenvalue weighted by atomic mass is 9.80. The van der Waals surface area contributed by atoms with Gasteiger partial charge >= 0.3 is 17.9 Å². The SMILES string of the molecule is C1CC2OC2CC1C1COC(C2CCC3OC3C2)OC1.C1CCC2OC2C1.C=CC1CCC2OC2C1.CC1CO1.CCCCCCCCCCCCCCC1CO1.O=C(CC(=O)OCC1CCC2OC2C1)OCC1CCC2OC2C1.O=C(OCC1CCC2OC2C1)C1CCC2OC2C1. The second kappa shape index (κ2) is 37.1. The van der Waals surface area contributed by atoms with Crippen molar-refractivity contribution >= 4 is 17.9 Å². The van der Waals surface area contributed by atoms with Crippen molar-refractivity contribution in [1.29, 1.82) is 0 Å².